The Bertz CT molecular complexity index is 1370. The maximum Gasteiger partial charge on any atom is 0.289 e. The molecule has 2 heterocycles. The van der Waals surface area contributed by atoms with E-state index >= 15 is 0 Å². The normalized spacial score (nSPS) is 13.8. The van der Waals surface area contributed by atoms with Gasteiger partial charge in [-0.3, -0.25) is 9.36 Å². The summed E-state index contributed by atoms with van der Waals surface area (Å²) in [4.78, 5) is 13.4. The monoisotopic (exact) mass is 499 g/mol. The summed E-state index contributed by atoms with van der Waals surface area (Å²) in [6.07, 6.45) is 8.22. The zero-order valence-electron chi connectivity index (χ0n) is 21.5. The quantitative estimate of drug-likeness (QED) is 0.343. The largest absolute Gasteiger partial charge is 0.507 e. The fourth-order valence-corrected chi connectivity index (χ4v) is 5.00. The van der Waals surface area contributed by atoms with E-state index in [1.165, 1.54) is 0 Å². The summed E-state index contributed by atoms with van der Waals surface area (Å²) in [6, 6.07) is 15.6. The number of carbonyl (C=O) groups is 1. The molecular weight excluding hydrogens is 466 g/mol. The molecule has 1 fully saturated rings. The zero-order valence-corrected chi connectivity index (χ0v) is 21.5. The average Bonchev–Trinajstić information content (AvgIpc) is 3.67. The van der Waals surface area contributed by atoms with Gasteiger partial charge < -0.3 is 19.7 Å². The number of hydrogen-bond acceptors (Lipinski definition) is 5. The van der Waals surface area contributed by atoms with Crippen LogP contribution in [0.25, 0.3) is 17.1 Å². The predicted octanol–water partition coefficient (Wildman–Crippen LogP) is 5.29. The number of aromatic nitrogens is 4. The van der Waals surface area contributed by atoms with E-state index in [0.717, 1.165) is 49.0 Å². The minimum atomic E-state index is -0.265. The molecule has 2 N–H and O–H groups in total. The first-order valence-corrected chi connectivity index (χ1v) is 12.8. The summed E-state index contributed by atoms with van der Waals surface area (Å²) in [6.45, 7) is 4.87. The van der Waals surface area contributed by atoms with Gasteiger partial charge in [0, 0.05) is 36.7 Å². The van der Waals surface area contributed by atoms with Crippen molar-refractivity contribution in [3.05, 3.63) is 77.9 Å². The molecule has 1 amide bonds. The van der Waals surface area contributed by atoms with Crippen molar-refractivity contribution >= 4 is 5.91 Å². The van der Waals surface area contributed by atoms with E-state index in [1.807, 2.05) is 54.9 Å². The van der Waals surface area contributed by atoms with E-state index in [1.54, 1.807) is 17.7 Å². The van der Waals surface area contributed by atoms with Crippen LogP contribution >= 0.6 is 0 Å². The van der Waals surface area contributed by atoms with E-state index in [4.69, 9.17) is 4.74 Å². The zero-order chi connectivity index (χ0) is 25.9. The molecule has 5 rings (SSSR count). The SMILES string of the molecule is COc1cc(O)c(-c2nnc(C(=O)NC3CCCC3)n2-c2ccc(Cn3cccc3)cc2)cc1C(C)C. The van der Waals surface area contributed by atoms with Gasteiger partial charge in [0.25, 0.3) is 5.91 Å². The topological polar surface area (TPSA) is 94.2 Å². The molecule has 37 heavy (non-hydrogen) atoms. The Morgan fingerprint density at radius 3 is 2.46 bits per heavy atom. The number of carbonyl (C=O) groups excluding carboxylic acids is 1. The van der Waals surface area contributed by atoms with Crippen molar-refractivity contribution in [3.8, 4) is 28.6 Å². The predicted molar refractivity (Wildman–Crippen MR) is 142 cm³/mol. The maximum absolute atomic E-state index is 13.4. The lowest BCUT2D eigenvalue weighted by Gasteiger charge is -2.17. The second-order valence-corrected chi connectivity index (χ2v) is 9.93. The molecule has 2 aromatic carbocycles. The van der Waals surface area contributed by atoms with Gasteiger partial charge >= 0.3 is 0 Å². The number of benzene rings is 2. The van der Waals surface area contributed by atoms with Crippen LogP contribution in [0.3, 0.4) is 0 Å². The number of ether oxygens (including phenoxy) is 1. The molecule has 0 atom stereocenters. The van der Waals surface area contributed by atoms with Crippen molar-refractivity contribution in [1.82, 2.24) is 24.6 Å². The Hall–Kier alpha value is -4.07. The van der Waals surface area contributed by atoms with Gasteiger partial charge in [0.15, 0.2) is 5.82 Å². The highest BCUT2D eigenvalue weighted by molar-refractivity contribution is 5.92. The highest BCUT2D eigenvalue weighted by atomic mass is 16.5. The van der Waals surface area contributed by atoms with Crippen LogP contribution < -0.4 is 10.1 Å². The Balaban J connectivity index is 1.58. The second kappa shape index (κ2) is 10.5. The van der Waals surface area contributed by atoms with Gasteiger partial charge in [-0.05, 0) is 60.2 Å². The molecule has 8 nitrogen and oxygen atoms in total. The summed E-state index contributed by atoms with van der Waals surface area (Å²) in [5.74, 6) is 1.11. The summed E-state index contributed by atoms with van der Waals surface area (Å²) in [7, 11) is 1.59. The maximum atomic E-state index is 13.4. The van der Waals surface area contributed by atoms with Gasteiger partial charge in [0.1, 0.15) is 11.5 Å². The van der Waals surface area contributed by atoms with Gasteiger partial charge in [0.05, 0.1) is 12.7 Å². The number of amides is 1. The van der Waals surface area contributed by atoms with E-state index in [2.05, 4.69) is 33.9 Å². The molecule has 0 bridgehead atoms. The third-order valence-corrected chi connectivity index (χ3v) is 6.99. The first-order chi connectivity index (χ1) is 17.9. The number of aromatic hydroxyl groups is 1. The van der Waals surface area contributed by atoms with Crippen molar-refractivity contribution < 1.29 is 14.6 Å². The molecule has 1 aliphatic carbocycles. The number of nitrogens with zero attached hydrogens (tertiary/aromatic N) is 4. The summed E-state index contributed by atoms with van der Waals surface area (Å²) in [5, 5.41) is 22.8. The number of nitrogens with one attached hydrogen (secondary N) is 1. The molecule has 2 aromatic heterocycles. The lowest BCUT2D eigenvalue weighted by molar-refractivity contribution is 0.0925. The minimum Gasteiger partial charge on any atom is -0.507 e. The summed E-state index contributed by atoms with van der Waals surface area (Å²) in [5.41, 5.74) is 3.30. The Labute approximate surface area is 216 Å². The van der Waals surface area contributed by atoms with Gasteiger partial charge in [-0.25, -0.2) is 0 Å². The lowest BCUT2D eigenvalue weighted by Crippen LogP contribution is -2.34. The first kappa shape index (κ1) is 24.6. The molecule has 0 spiro atoms. The van der Waals surface area contributed by atoms with E-state index in [0.29, 0.717) is 17.1 Å². The van der Waals surface area contributed by atoms with Gasteiger partial charge in [-0.1, -0.05) is 38.8 Å². The molecule has 0 aliphatic heterocycles. The Morgan fingerprint density at radius 1 is 1.11 bits per heavy atom. The Kier molecular flexibility index (Phi) is 6.99. The van der Waals surface area contributed by atoms with E-state index in [-0.39, 0.29) is 29.4 Å². The van der Waals surface area contributed by atoms with Crippen LogP contribution in [-0.2, 0) is 6.54 Å². The number of hydrogen-bond donors (Lipinski definition) is 2. The van der Waals surface area contributed by atoms with Crippen LogP contribution in [-0.4, -0.2) is 43.5 Å². The highest BCUT2D eigenvalue weighted by Crippen LogP contribution is 2.38. The van der Waals surface area contributed by atoms with Crippen LogP contribution in [0, 0.1) is 0 Å². The standard InChI is InChI=1S/C29H33N5O3/c1-19(2)23-16-24(25(35)17-26(23)37-3)27-31-32-28(29(36)30-21-8-4-5-9-21)34(27)22-12-10-20(11-13-22)18-33-14-6-7-15-33/h6-7,10-17,19,21,35H,4-5,8-9,18H2,1-3H3,(H,30,36). The Morgan fingerprint density at radius 2 is 1.81 bits per heavy atom. The van der Waals surface area contributed by atoms with Crippen molar-refractivity contribution in [2.75, 3.05) is 7.11 Å². The minimum absolute atomic E-state index is 0.0156. The molecule has 0 saturated heterocycles. The van der Waals surface area contributed by atoms with Crippen LogP contribution in [0.1, 0.15) is 67.2 Å². The van der Waals surface area contributed by atoms with E-state index < -0.39 is 0 Å². The number of phenols is 1. The average molecular weight is 500 g/mol. The first-order valence-electron chi connectivity index (χ1n) is 12.8. The van der Waals surface area contributed by atoms with Crippen molar-refractivity contribution in [2.45, 2.75) is 58.0 Å². The van der Waals surface area contributed by atoms with Gasteiger partial charge in [-0.15, -0.1) is 10.2 Å². The molecule has 1 aliphatic rings. The van der Waals surface area contributed by atoms with Crippen LogP contribution in [0.5, 0.6) is 11.5 Å². The smallest absolute Gasteiger partial charge is 0.289 e. The fourth-order valence-electron chi connectivity index (χ4n) is 5.00. The molecule has 0 unspecified atom stereocenters. The number of methoxy groups -OCH3 is 1. The highest BCUT2D eigenvalue weighted by Gasteiger charge is 2.27. The fraction of sp³-hybridized carbons (Fsp3) is 0.345. The third-order valence-electron chi connectivity index (χ3n) is 6.99. The van der Waals surface area contributed by atoms with E-state index in [9.17, 15) is 9.90 Å². The number of phenolic OH excluding ortho intramolecular Hbond substituents is 1. The summed E-state index contributed by atoms with van der Waals surface area (Å²) >= 11 is 0. The molecule has 8 heteroatoms. The van der Waals surface area contributed by atoms with Crippen molar-refractivity contribution in [3.63, 3.8) is 0 Å². The van der Waals surface area contributed by atoms with Crippen molar-refractivity contribution in [2.24, 2.45) is 0 Å². The lowest BCUT2D eigenvalue weighted by atomic mass is 9.98. The molecule has 192 valence electrons. The third kappa shape index (κ3) is 5.09. The van der Waals surface area contributed by atoms with Gasteiger partial charge in [0.2, 0.25) is 5.82 Å². The van der Waals surface area contributed by atoms with Crippen LogP contribution in [0.2, 0.25) is 0 Å². The van der Waals surface area contributed by atoms with Gasteiger partial charge in [-0.2, -0.15) is 0 Å². The molecular formula is C29H33N5O3. The van der Waals surface area contributed by atoms with Crippen molar-refractivity contribution in [1.29, 1.82) is 0 Å². The van der Waals surface area contributed by atoms with Crippen LogP contribution in [0.4, 0.5) is 0 Å². The number of rotatable bonds is 8. The second-order valence-electron chi connectivity index (χ2n) is 9.93. The van der Waals surface area contributed by atoms with Crippen LogP contribution in [0.15, 0.2) is 60.9 Å². The molecule has 1 saturated carbocycles. The molecule has 0 radical (unpaired) electrons. The molecule has 4 aromatic rings. The summed E-state index contributed by atoms with van der Waals surface area (Å²) < 4.78 is 9.33.